The summed E-state index contributed by atoms with van der Waals surface area (Å²) in [5.74, 6) is 0.0698. The van der Waals surface area contributed by atoms with E-state index in [1.54, 1.807) is 4.68 Å². The van der Waals surface area contributed by atoms with Crippen LogP contribution in [0, 0.1) is 0 Å². The first-order chi connectivity index (χ1) is 15.2. The third kappa shape index (κ3) is 5.03. The second kappa shape index (κ2) is 9.90. The van der Waals surface area contributed by atoms with Gasteiger partial charge in [0.2, 0.25) is 0 Å². The molecular weight excluding hydrogens is 388 g/mol. The van der Waals surface area contributed by atoms with E-state index >= 15 is 0 Å². The molecule has 2 atom stereocenters. The zero-order valence-electron chi connectivity index (χ0n) is 17.9. The van der Waals surface area contributed by atoms with Crippen LogP contribution in [-0.2, 0) is 0 Å². The van der Waals surface area contributed by atoms with Gasteiger partial charge < -0.3 is 10.4 Å². The zero-order chi connectivity index (χ0) is 21.6. The number of hydrogen-bond donors (Lipinski definition) is 2. The third-order valence-corrected chi connectivity index (χ3v) is 5.85. The monoisotopic (exact) mass is 418 g/mol. The molecule has 1 aromatic heterocycles. The highest BCUT2D eigenvalue weighted by molar-refractivity contribution is 5.95. The number of aromatic nitrogens is 2. The first-order valence-corrected chi connectivity index (χ1v) is 11.0. The van der Waals surface area contributed by atoms with Gasteiger partial charge in [-0.1, -0.05) is 48.5 Å². The van der Waals surface area contributed by atoms with Crippen LogP contribution in [0.5, 0.6) is 0 Å². The van der Waals surface area contributed by atoms with Crippen molar-refractivity contribution in [3.8, 4) is 5.69 Å². The average Bonchev–Trinajstić information content (AvgIpc) is 3.26. The molecule has 0 spiro atoms. The molecule has 0 aliphatic carbocycles. The third-order valence-electron chi connectivity index (χ3n) is 5.85. The molecule has 2 unspecified atom stereocenters. The van der Waals surface area contributed by atoms with Gasteiger partial charge in [-0.15, -0.1) is 0 Å². The van der Waals surface area contributed by atoms with Crippen LogP contribution in [0.2, 0.25) is 0 Å². The molecule has 1 aliphatic heterocycles. The van der Waals surface area contributed by atoms with E-state index in [9.17, 15) is 9.90 Å². The summed E-state index contributed by atoms with van der Waals surface area (Å²) in [7, 11) is 0. The van der Waals surface area contributed by atoms with Crippen LogP contribution >= 0.6 is 0 Å². The maximum absolute atomic E-state index is 12.8. The Bertz CT molecular complexity index is 987. The van der Waals surface area contributed by atoms with E-state index in [1.807, 2.05) is 73.8 Å². The smallest absolute Gasteiger partial charge is 0.254 e. The Morgan fingerprint density at radius 3 is 2.58 bits per heavy atom. The van der Waals surface area contributed by atoms with Gasteiger partial charge in [0, 0.05) is 31.7 Å². The fourth-order valence-corrected chi connectivity index (χ4v) is 4.30. The lowest BCUT2D eigenvalue weighted by molar-refractivity contribution is 0.0923. The molecule has 0 bridgehead atoms. The summed E-state index contributed by atoms with van der Waals surface area (Å²) in [4.78, 5) is 15.1. The Morgan fingerprint density at radius 2 is 1.87 bits per heavy atom. The van der Waals surface area contributed by atoms with Gasteiger partial charge in [0.25, 0.3) is 5.91 Å². The number of nitrogens with zero attached hydrogens (tertiary/aromatic N) is 3. The van der Waals surface area contributed by atoms with E-state index in [0.29, 0.717) is 18.7 Å². The molecule has 4 rings (SSSR count). The van der Waals surface area contributed by atoms with Crippen molar-refractivity contribution in [2.24, 2.45) is 0 Å². The summed E-state index contributed by atoms with van der Waals surface area (Å²) in [6.45, 7) is 4.80. The van der Waals surface area contributed by atoms with Gasteiger partial charge in [0.15, 0.2) is 0 Å². The van der Waals surface area contributed by atoms with Gasteiger partial charge in [-0.3, -0.25) is 9.69 Å². The molecule has 2 aromatic carbocycles. The lowest BCUT2D eigenvalue weighted by atomic mass is 9.92. The summed E-state index contributed by atoms with van der Waals surface area (Å²) in [6.07, 6.45) is 3.31. The molecule has 6 heteroatoms. The van der Waals surface area contributed by atoms with Crippen molar-refractivity contribution in [2.45, 2.75) is 31.8 Å². The van der Waals surface area contributed by atoms with Gasteiger partial charge in [0.05, 0.1) is 23.0 Å². The number of amides is 1. The van der Waals surface area contributed by atoms with Gasteiger partial charge >= 0.3 is 0 Å². The molecule has 1 aliphatic rings. The summed E-state index contributed by atoms with van der Waals surface area (Å²) in [5, 5.41) is 18.4. The summed E-state index contributed by atoms with van der Waals surface area (Å²) in [6, 6.07) is 19.7. The quantitative estimate of drug-likeness (QED) is 0.616. The highest BCUT2D eigenvalue weighted by Gasteiger charge is 2.29. The topological polar surface area (TPSA) is 70.4 Å². The number of hydrogen-bond acceptors (Lipinski definition) is 4. The fraction of sp³-hybridized carbons (Fsp3) is 0.360. The summed E-state index contributed by atoms with van der Waals surface area (Å²) >= 11 is 0. The molecule has 3 aromatic rings. The number of piperidine rings is 1. The van der Waals surface area contributed by atoms with Crippen molar-refractivity contribution in [3.63, 3.8) is 0 Å². The number of aliphatic hydroxyl groups excluding tert-OH is 1. The number of nitrogens with one attached hydrogen (secondary N) is 1. The second-order valence-electron chi connectivity index (χ2n) is 8.09. The van der Waals surface area contributed by atoms with Crippen molar-refractivity contribution in [2.75, 3.05) is 26.2 Å². The van der Waals surface area contributed by atoms with Crippen LogP contribution in [0.25, 0.3) is 5.69 Å². The van der Waals surface area contributed by atoms with Crippen LogP contribution in [0.1, 0.15) is 53.4 Å². The molecule has 1 amide bonds. The van der Waals surface area contributed by atoms with Crippen LogP contribution in [0.3, 0.4) is 0 Å². The van der Waals surface area contributed by atoms with Gasteiger partial charge in [-0.05, 0) is 44.0 Å². The molecule has 1 saturated heterocycles. The number of benzene rings is 2. The number of β-amino-alcohol motifs (C(OH)–C–C–N with tert-alkyl or cyclic N) is 1. The molecular formula is C25H30N4O2. The van der Waals surface area contributed by atoms with Crippen LogP contribution in [-0.4, -0.2) is 51.9 Å². The lowest BCUT2D eigenvalue weighted by Gasteiger charge is -2.33. The SMILES string of the molecule is CCNC(=O)c1cn(-c2ccccc2)nc1C1CCCN(CC(O)c2ccccc2)C1. The average molecular weight is 419 g/mol. The Balaban J connectivity index is 1.55. The maximum atomic E-state index is 12.8. The number of aliphatic hydroxyl groups is 1. The van der Waals surface area contributed by atoms with Gasteiger partial charge in [-0.25, -0.2) is 4.68 Å². The lowest BCUT2D eigenvalue weighted by Crippen LogP contribution is -2.38. The predicted octanol–water partition coefficient (Wildman–Crippen LogP) is 3.54. The van der Waals surface area contributed by atoms with E-state index in [0.717, 1.165) is 42.9 Å². The number of carbonyl (C=O) groups is 1. The normalized spacial score (nSPS) is 17.9. The predicted molar refractivity (Wildman–Crippen MR) is 121 cm³/mol. The van der Waals surface area contributed by atoms with Gasteiger partial charge in [-0.2, -0.15) is 5.10 Å². The maximum Gasteiger partial charge on any atom is 0.254 e. The van der Waals surface area contributed by atoms with E-state index < -0.39 is 6.10 Å². The minimum Gasteiger partial charge on any atom is -0.387 e. The van der Waals surface area contributed by atoms with Crippen LogP contribution in [0.15, 0.2) is 66.9 Å². The minimum atomic E-state index is -0.523. The number of carbonyl (C=O) groups excluding carboxylic acids is 1. The largest absolute Gasteiger partial charge is 0.387 e. The molecule has 1 fully saturated rings. The number of rotatable bonds is 7. The van der Waals surface area contributed by atoms with E-state index in [1.165, 1.54) is 0 Å². The molecule has 6 nitrogen and oxygen atoms in total. The second-order valence-corrected chi connectivity index (χ2v) is 8.09. The molecule has 31 heavy (non-hydrogen) atoms. The van der Waals surface area contributed by atoms with Crippen LogP contribution < -0.4 is 5.32 Å². The zero-order valence-corrected chi connectivity index (χ0v) is 17.9. The summed E-state index contributed by atoms with van der Waals surface area (Å²) in [5.41, 5.74) is 3.35. The summed E-state index contributed by atoms with van der Waals surface area (Å²) < 4.78 is 1.80. The Morgan fingerprint density at radius 1 is 1.16 bits per heavy atom. The molecule has 2 heterocycles. The fourth-order valence-electron chi connectivity index (χ4n) is 4.30. The van der Waals surface area contributed by atoms with E-state index in [-0.39, 0.29) is 11.8 Å². The molecule has 2 N–H and O–H groups in total. The van der Waals surface area contributed by atoms with Crippen molar-refractivity contribution in [1.29, 1.82) is 0 Å². The highest BCUT2D eigenvalue weighted by Crippen LogP contribution is 2.30. The van der Waals surface area contributed by atoms with Crippen LogP contribution in [0.4, 0.5) is 0 Å². The van der Waals surface area contributed by atoms with Crippen molar-refractivity contribution in [1.82, 2.24) is 20.0 Å². The Labute approximate surface area is 183 Å². The molecule has 0 saturated carbocycles. The Kier molecular flexibility index (Phi) is 6.79. The van der Waals surface area contributed by atoms with E-state index in [2.05, 4.69) is 10.2 Å². The number of para-hydroxylation sites is 1. The van der Waals surface area contributed by atoms with Crippen molar-refractivity contribution >= 4 is 5.91 Å². The first kappa shape index (κ1) is 21.3. The Hall–Kier alpha value is -2.96. The minimum absolute atomic E-state index is 0.0823. The van der Waals surface area contributed by atoms with Crippen molar-refractivity contribution in [3.05, 3.63) is 83.7 Å². The standard InChI is InChI=1S/C25H30N4O2/c1-2-26-25(31)22-17-29(21-13-7-4-8-14-21)27-24(22)20-12-9-15-28(16-20)18-23(30)19-10-5-3-6-11-19/h3-8,10-11,13-14,17,20,23,30H,2,9,12,15-16,18H2,1H3,(H,26,31). The number of likely N-dealkylation sites (tertiary alicyclic amines) is 1. The molecule has 162 valence electrons. The highest BCUT2D eigenvalue weighted by atomic mass is 16.3. The van der Waals surface area contributed by atoms with E-state index in [4.69, 9.17) is 5.10 Å². The van der Waals surface area contributed by atoms with Crippen molar-refractivity contribution < 1.29 is 9.90 Å². The van der Waals surface area contributed by atoms with Gasteiger partial charge in [0.1, 0.15) is 0 Å². The first-order valence-electron chi connectivity index (χ1n) is 11.0. The molecule has 0 radical (unpaired) electrons.